The number of nitrogens with two attached hydrogens (primary N) is 1. The van der Waals surface area contributed by atoms with Gasteiger partial charge in [0.1, 0.15) is 18.1 Å². The van der Waals surface area contributed by atoms with Crippen LogP contribution in [0.15, 0.2) is 0 Å². The minimum absolute atomic E-state index is 0.00531. The van der Waals surface area contributed by atoms with Gasteiger partial charge in [0.15, 0.2) is 0 Å². The first-order chi connectivity index (χ1) is 14.3. The van der Waals surface area contributed by atoms with Gasteiger partial charge in [0.25, 0.3) is 0 Å². The lowest BCUT2D eigenvalue weighted by molar-refractivity contribution is -0.143. The van der Waals surface area contributed by atoms with Gasteiger partial charge in [-0.2, -0.15) is 12.6 Å². The lowest BCUT2D eigenvalue weighted by Gasteiger charge is -2.26. The predicted octanol–water partition coefficient (Wildman–Crippen LogP) is -0.651. The summed E-state index contributed by atoms with van der Waals surface area (Å²) in [5.74, 6) is -4.95. The van der Waals surface area contributed by atoms with Crippen molar-refractivity contribution in [3.05, 3.63) is 0 Å². The molecule has 0 aromatic carbocycles. The van der Waals surface area contributed by atoms with E-state index in [-0.39, 0.29) is 30.4 Å². The fourth-order valence-electron chi connectivity index (χ4n) is 2.69. The molecule has 0 aliphatic heterocycles. The fraction of sp³-hybridized carbons (Fsp3) is 0.737. The Balaban J connectivity index is 5.48. The van der Waals surface area contributed by atoms with E-state index in [0.29, 0.717) is 0 Å². The van der Waals surface area contributed by atoms with Crippen molar-refractivity contribution < 1.29 is 34.2 Å². The predicted molar refractivity (Wildman–Crippen MR) is 116 cm³/mol. The molecule has 12 heteroatoms. The standard InChI is InChI=1S/C19H34N4O7S/c1-9(2)5-12(17(27)23-14(19(29)30)6-10(3)4)22-18(28)13(7-15(24)25)21-16(26)11(20)8-31/h9-14,31H,5-8,20H2,1-4H3,(H,21,26)(H,22,28)(H,23,27)(H,24,25)(H,29,30). The summed E-state index contributed by atoms with van der Waals surface area (Å²) in [4.78, 5) is 60.0. The Morgan fingerprint density at radius 1 is 0.774 bits per heavy atom. The number of rotatable bonds is 14. The third-order valence-corrected chi connectivity index (χ3v) is 4.60. The van der Waals surface area contributed by atoms with E-state index in [4.69, 9.17) is 10.8 Å². The van der Waals surface area contributed by atoms with Crippen LogP contribution in [0.4, 0.5) is 0 Å². The highest BCUT2D eigenvalue weighted by Crippen LogP contribution is 2.09. The van der Waals surface area contributed by atoms with E-state index in [9.17, 15) is 29.1 Å². The average molecular weight is 463 g/mol. The Bertz CT molecular complexity index is 657. The molecule has 0 fully saturated rings. The quantitative estimate of drug-likeness (QED) is 0.166. The molecule has 3 amide bonds. The van der Waals surface area contributed by atoms with Crippen LogP contribution in [0.5, 0.6) is 0 Å². The Kier molecular flexibility index (Phi) is 12.8. The highest BCUT2D eigenvalue weighted by Gasteiger charge is 2.31. The number of thiol groups is 1. The highest BCUT2D eigenvalue weighted by atomic mass is 32.1. The van der Waals surface area contributed by atoms with E-state index < -0.39 is 60.2 Å². The van der Waals surface area contributed by atoms with Gasteiger partial charge in [-0.1, -0.05) is 27.7 Å². The first-order valence-corrected chi connectivity index (χ1v) is 10.6. The summed E-state index contributed by atoms with van der Waals surface area (Å²) in [6.07, 6.45) is -0.351. The number of nitrogens with one attached hydrogen (secondary N) is 3. The van der Waals surface area contributed by atoms with Crippen LogP contribution >= 0.6 is 12.6 Å². The van der Waals surface area contributed by atoms with Gasteiger partial charge in [-0.05, 0) is 24.7 Å². The number of carboxylic acids is 2. The molecule has 11 nitrogen and oxygen atoms in total. The molecule has 0 saturated heterocycles. The van der Waals surface area contributed by atoms with Crippen molar-refractivity contribution in [2.24, 2.45) is 17.6 Å². The molecule has 0 radical (unpaired) electrons. The lowest BCUT2D eigenvalue weighted by Crippen LogP contribution is -2.58. The minimum atomic E-state index is -1.47. The summed E-state index contributed by atoms with van der Waals surface area (Å²) in [5.41, 5.74) is 5.55. The fourth-order valence-corrected chi connectivity index (χ4v) is 2.85. The van der Waals surface area contributed by atoms with Gasteiger partial charge in [-0.15, -0.1) is 0 Å². The molecular weight excluding hydrogens is 428 g/mol. The molecule has 0 rings (SSSR count). The number of hydrogen-bond donors (Lipinski definition) is 7. The van der Waals surface area contributed by atoms with Crippen molar-refractivity contribution in [2.75, 3.05) is 5.75 Å². The maximum absolute atomic E-state index is 12.7. The molecule has 0 spiro atoms. The molecule has 0 bridgehead atoms. The van der Waals surface area contributed by atoms with E-state index in [1.165, 1.54) is 0 Å². The van der Waals surface area contributed by atoms with E-state index in [1.54, 1.807) is 13.8 Å². The topological polar surface area (TPSA) is 188 Å². The second-order valence-corrected chi connectivity index (χ2v) is 8.53. The molecule has 7 N–H and O–H groups in total. The van der Waals surface area contributed by atoms with Gasteiger partial charge in [0.05, 0.1) is 12.5 Å². The zero-order valence-corrected chi connectivity index (χ0v) is 19.1. The summed E-state index contributed by atoms with van der Waals surface area (Å²) >= 11 is 3.89. The first-order valence-electron chi connectivity index (χ1n) is 10.0. The van der Waals surface area contributed by atoms with Crippen molar-refractivity contribution >= 4 is 42.3 Å². The number of carbonyl (C=O) groups excluding carboxylic acids is 3. The van der Waals surface area contributed by atoms with E-state index in [2.05, 4.69) is 28.6 Å². The van der Waals surface area contributed by atoms with Gasteiger partial charge < -0.3 is 31.9 Å². The molecular formula is C19H34N4O7S. The summed E-state index contributed by atoms with van der Waals surface area (Å²) in [6.45, 7) is 7.23. The highest BCUT2D eigenvalue weighted by molar-refractivity contribution is 7.80. The zero-order chi connectivity index (χ0) is 24.3. The number of carboxylic acid groups (broad SMARTS) is 2. The molecule has 0 heterocycles. The number of carbonyl (C=O) groups is 5. The largest absolute Gasteiger partial charge is 0.481 e. The van der Waals surface area contributed by atoms with Crippen molar-refractivity contribution in [1.82, 2.24) is 16.0 Å². The number of aliphatic carboxylic acids is 2. The van der Waals surface area contributed by atoms with Crippen LogP contribution in [0.25, 0.3) is 0 Å². The normalized spacial score (nSPS) is 15.0. The van der Waals surface area contributed by atoms with Crippen LogP contribution < -0.4 is 21.7 Å². The molecule has 31 heavy (non-hydrogen) atoms. The van der Waals surface area contributed by atoms with E-state index in [0.717, 1.165) is 0 Å². The van der Waals surface area contributed by atoms with Crippen LogP contribution in [0.2, 0.25) is 0 Å². The van der Waals surface area contributed by atoms with Crippen LogP contribution in [-0.2, 0) is 24.0 Å². The molecule has 4 atom stereocenters. The van der Waals surface area contributed by atoms with Gasteiger partial charge in [-0.3, -0.25) is 19.2 Å². The van der Waals surface area contributed by atoms with E-state index in [1.807, 2.05) is 13.8 Å². The molecule has 0 aliphatic carbocycles. The summed E-state index contributed by atoms with van der Waals surface area (Å²) in [7, 11) is 0. The Morgan fingerprint density at radius 3 is 1.61 bits per heavy atom. The van der Waals surface area contributed by atoms with Gasteiger partial charge in [-0.25, -0.2) is 4.79 Å². The second-order valence-electron chi connectivity index (χ2n) is 8.17. The van der Waals surface area contributed by atoms with Crippen LogP contribution in [0.3, 0.4) is 0 Å². The number of amides is 3. The van der Waals surface area contributed by atoms with Gasteiger partial charge in [0.2, 0.25) is 17.7 Å². The number of hydrogen-bond acceptors (Lipinski definition) is 7. The maximum atomic E-state index is 12.7. The summed E-state index contributed by atoms with van der Waals surface area (Å²) in [5, 5.41) is 25.5. The van der Waals surface area contributed by atoms with Gasteiger partial charge >= 0.3 is 11.9 Å². The molecule has 0 aromatic rings. The molecule has 178 valence electrons. The van der Waals surface area contributed by atoms with Crippen molar-refractivity contribution in [3.8, 4) is 0 Å². The Labute approximate surface area is 187 Å². The monoisotopic (exact) mass is 462 g/mol. The van der Waals surface area contributed by atoms with Crippen molar-refractivity contribution in [3.63, 3.8) is 0 Å². The maximum Gasteiger partial charge on any atom is 0.326 e. The second kappa shape index (κ2) is 13.9. The SMILES string of the molecule is CC(C)CC(NC(=O)C(CC(C)C)NC(=O)C(CC(=O)O)NC(=O)C(N)CS)C(=O)O. The molecule has 0 saturated carbocycles. The van der Waals surface area contributed by atoms with Crippen LogP contribution in [0.1, 0.15) is 47.0 Å². The van der Waals surface area contributed by atoms with Gasteiger partial charge in [0, 0.05) is 5.75 Å². The zero-order valence-electron chi connectivity index (χ0n) is 18.3. The molecule has 4 unspecified atom stereocenters. The van der Waals surface area contributed by atoms with Crippen molar-refractivity contribution in [2.45, 2.75) is 71.1 Å². The first kappa shape index (κ1) is 28.7. The Morgan fingerprint density at radius 2 is 1.19 bits per heavy atom. The van der Waals surface area contributed by atoms with Crippen molar-refractivity contribution in [1.29, 1.82) is 0 Å². The molecule has 0 aliphatic rings. The van der Waals surface area contributed by atoms with Crippen LogP contribution in [-0.4, -0.2) is 69.8 Å². The lowest BCUT2D eigenvalue weighted by atomic mass is 10.00. The molecule has 0 aromatic heterocycles. The van der Waals surface area contributed by atoms with E-state index >= 15 is 0 Å². The van der Waals surface area contributed by atoms with Crippen LogP contribution in [0, 0.1) is 11.8 Å². The minimum Gasteiger partial charge on any atom is -0.481 e. The summed E-state index contributed by atoms with van der Waals surface area (Å²) in [6, 6.07) is -4.77. The third-order valence-electron chi connectivity index (χ3n) is 4.21. The smallest absolute Gasteiger partial charge is 0.326 e. The third kappa shape index (κ3) is 11.6. The summed E-state index contributed by atoms with van der Waals surface area (Å²) < 4.78 is 0. The average Bonchev–Trinajstić information content (AvgIpc) is 2.64. The Hall–Kier alpha value is -2.34.